The molecule has 0 amide bonds. The molecule has 4 atom stereocenters. The summed E-state index contributed by atoms with van der Waals surface area (Å²) in [6, 6.07) is 0. The standard InChI is InChI=1S/C22H40O2Si/c1-17(24-25(3,4)5)9-6-7-14-22(15-16-22)20-12-11-18-19(23)10-8-13-21(18,20)2/h17-18,20H,6-16H2,1-5H3. The van der Waals surface area contributed by atoms with Crippen molar-refractivity contribution in [1.29, 1.82) is 0 Å². The molecule has 3 aliphatic carbocycles. The Hall–Kier alpha value is -0.153. The van der Waals surface area contributed by atoms with E-state index in [0.717, 1.165) is 18.8 Å². The Morgan fingerprint density at radius 2 is 1.88 bits per heavy atom. The second-order valence-corrected chi connectivity index (χ2v) is 15.1. The third-order valence-electron chi connectivity index (χ3n) is 7.58. The van der Waals surface area contributed by atoms with Crippen LogP contribution < -0.4 is 0 Å². The van der Waals surface area contributed by atoms with Crippen molar-refractivity contribution in [2.24, 2.45) is 22.7 Å². The van der Waals surface area contributed by atoms with E-state index in [-0.39, 0.29) is 0 Å². The number of carbonyl (C=O) groups is 1. The van der Waals surface area contributed by atoms with Crippen LogP contribution in [0.2, 0.25) is 19.6 Å². The van der Waals surface area contributed by atoms with Gasteiger partial charge in [-0.1, -0.05) is 19.8 Å². The Labute approximate surface area is 156 Å². The molecule has 25 heavy (non-hydrogen) atoms. The van der Waals surface area contributed by atoms with Gasteiger partial charge in [0.1, 0.15) is 5.78 Å². The Balaban J connectivity index is 1.49. The minimum absolute atomic E-state index is 0.333. The summed E-state index contributed by atoms with van der Waals surface area (Å²) in [4.78, 5) is 12.4. The van der Waals surface area contributed by atoms with Crippen LogP contribution in [0.4, 0.5) is 0 Å². The van der Waals surface area contributed by atoms with Crippen molar-refractivity contribution >= 4 is 14.1 Å². The second kappa shape index (κ2) is 7.11. The highest BCUT2D eigenvalue weighted by Gasteiger charge is 2.61. The molecule has 0 radical (unpaired) electrons. The molecule has 3 heteroatoms. The first-order chi connectivity index (χ1) is 11.7. The third-order valence-corrected chi connectivity index (χ3v) is 8.69. The van der Waals surface area contributed by atoms with E-state index < -0.39 is 8.32 Å². The molecule has 3 aliphatic rings. The Morgan fingerprint density at radius 1 is 1.16 bits per heavy atom. The number of ketones is 1. The van der Waals surface area contributed by atoms with E-state index in [4.69, 9.17) is 4.43 Å². The molecule has 2 nitrogen and oxygen atoms in total. The summed E-state index contributed by atoms with van der Waals surface area (Å²) in [6.45, 7) is 11.6. The van der Waals surface area contributed by atoms with Crippen LogP contribution in [-0.4, -0.2) is 20.2 Å². The van der Waals surface area contributed by atoms with Crippen LogP contribution in [0.1, 0.15) is 84.5 Å². The summed E-state index contributed by atoms with van der Waals surface area (Å²) in [5.41, 5.74) is 0.935. The smallest absolute Gasteiger partial charge is 0.184 e. The number of hydrogen-bond acceptors (Lipinski definition) is 2. The van der Waals surface area contributed by atoms with Crippen molar-refractivity contribution in [3.63, 3.8) is 0 Å². The maximum Gasteiger partial charge on any atom is 0.184 e. The first kappa shape index (κ1) is 19.6. The molecule has 3 rings (SSSR count). The van der Waals surface area contributed by atoms with E-state index in [1.807, 2.05) is 0 Å². The van der Waals surface area contributed by atoms with Crippen LogP contribution in [0.5, 0.6) is 0 Å². The van der Waals surface area contributed by atoms with E-state index in [9.17, 15) is 4.79 Å². The zero-order valence-corrected chi connectivity index (χ0v) is 18.3. The molecule has 0 heterocycles. The molecule has 0 bridgehead atoms. The Kier molecular flexibility index (Phi) is 5.57. The van der Waals surface area contributed by atoms with Crippen LogP contribution >= 0.6 is 0 Å². The first-order valence-electron chi connectivity index (χ1n) is 10.9. The molecule has 0 spiro atoms. The molecule has 0 aromatic heterocycles. The number of unbranched alkanes of at least 4 members (excludes halogenated alkanes) is 1. The lowest BCUT2D eigenvalue weighted by atomic mass is 9.60. The summed E-state index contributed by atoms with van der Waals surface area (Å²) in [5.74, 6) is 1.81. The quantitative estimate of drug-likeness (QED) is 0.370. The zero-order chi connectivity index (χ0) is 18.3. The highest BCUT2D eigenvalue weighted by atomic mass is 28.4. The Bertz CT molecular complexity index is 491. The topological polar surface area (TPSA) is 26.3 Å². The summed E-state index contributed by atoms with van der Waals surface area (Å²) in [6.07, 6.45) is 14.3. The highest BCUT2D eigenvalue weighted by Crippen LogP contribution is 2.68. The van der Waals surface area contributed by atoms with Crippen molar-refractivity contribution in [1.82, 2.24) is 0 Å². The van der Waals surface area contributed by atoms with E-state index >= 15 is 0 Å². The minimum Gasteiger partial charge on any atom is -0.415 e. The van der Waals surface area contributed by atoms with Crippen molar-refractivity contribution < 1.29 is 9.22 Å². The van der Waals surface area contributed by atoms with Gasteiger partial charge < -0.3 is 4.43 Å². The van der Waals surface area contributed by atoms with Gasteiger partial charge in [0.2, 0.25) is 0 Å². The highest BCUT2D eigenvalue weighted by molar-refractivity contribution is 6.69. The largest absolute Gasteiger partial charge is 0.415 e. The molecular formula is C22H40O2Si. The fourth-order valence-corrected chi connectivity index (χ4v) is 7.77. The van der Waals surface area contributed by atoms with E-state index in [1.165, 1.54) is 57.8 Å². The van der Waals surface area contributed by atoms with Crippen LogP contribution in [0.15, 0.2) is 0 Å². The van der Waals surface area contributed by atoms with E-state index in [2.05, 4.69) is 33.5 Å². The van der Waals surface area contributed by atoms with Crippen molar-refractivity contribution in [2.75, 3.05) is 0 Å². The van der Waals surface area contributed by atoms with Gasteiger partial charge in [-0.15, -0.1) is 0 Å². The summed E-state index contributed by atoms with van der Waals surface area (Å²) in [5, 5.41) is 0. The summed E-state index contributed by atoms with van der Waals surface area (Å²) in [7, 11) is -1.39. The molecule has 3 fully saturated rings. The second-order valence-electron chi connectivity index (χ2n) is 10.7. The molecule has 4 unspecified atom stereocenters. The number of carbonyl (C=O) groups excluding carboxylic acids is 1. The maximum absolute atomic E-state index is 12.4. The molecular weight excluding hydrogens is 324 g/mol. The summed E-state index contributed by atoms with van der Waals surface area (Å²) >= 11 is 0. The monoisotopic (exact) mass is 364 g/mol. The van der Waals surface area contributed by atoms with Gasteiger partial charge in [-0.25, -0.2) is 0 Å². The average molecular weight is 365 g/mol. The molecule has 144 valence electrons. The van der Waals surface area contributed by atoms with Crippen molar-refractivity contribution in [2.45, 2.75) is 110 Å². The SMILES string of the molecule is CC(CCCCC1(C2CCC3C(=O)CCCC32C)CC1)O[Si](C)(C)C. The zero-order valence-electron chi connectivity index (χ0n) is 17.3. The van der Waals surface area contributed by atoms with Gasteiger partial charge >= 0.3 is 0 Å². The lowest BCUT2D eigenvalue weighted by Crippen LogP contribution is -2.40. The van der Waals surface area contributed by atoms with Crippen molar-refractivity contribution in [3.05, 3.63) is 0 Å². The molecule has 0 aromatic carbocycles. The molecule has 0 aromatic rings. The van der Waals surface area contributed by atoms with Gasteiger partial charge in [0.25, 0.3) is 0 Å². The number of fused-ring (bicyclic) bond motifs is 1. The summed E-state index contributed by atoms with van der Waals surface area (Å²) < 4.78 is 6.19. The molecule has 3 saturated carbocycles. The normalized spacial score (nSPS) is 35.5. The van der Waals surface area contributed by atoms with Crippen molar-refractivity contribution in [3.8, 4) is 0 Å². The van der Waals surface area contributed by atoms with Gasteiger partial charge in [0, 0.05) is 18.4 Å². The van der Waals surface area contributed by atoms with Crippen LogP contribution in [-0.2, 0) is 9.22 Å². The van der Waals surface area contributed by atoms with Gasteiger partial charge in [0.05, 0.1) is 0 Å². The molecule has 0 N–H and O–H groups in total. The third kappa shape index (κ3) is 4.23. The van der Waals surface area contributed by atoms with Crippen LogP contribution in [0.3, 0.4) is 0 Å². The lowest BCUT2D eigenvalue weighted by molar-refractivity contribution is -0.130. The van der Waals surface area contributed by atoms with Gasteiger partial charge in [-0.3, -0.25) is 4.79 Å². The van der Waals surface area contributed by atoms with Gasteiger partial charge in [-0.2, -0.15) is 0 Å². The van der Waals surface area contributed by atoms with Crippen LogP contribution in [0.25, 0.3) is 0 Å². The number of rotatable bonds is 8. The fraction of sp³-hybridized carbons (Fsp3) is 0.955. The molecule has 0 aliphatic heterocycles. The van der Waals surface area contributed by atoms with Gasteiger partial charge in [0.15, 0.2) is 8.32 Å². The van der Waals surface area contributed by atoms with Gasteiger partial charge in [-0.05, 0) is 94.7 Å². The predicted octanol–water partition coefficient (Wildman–Crippen LogP) is 6.35. The number of Topliss-reactive ketones (excluding diaryl/α,β-unsaturated/α-hetero) is 1. The maximum atomic E-state index is 12.4. The number of hydrogen-bond donors (Lipinski definition) is 0. The van der Waals surface area contributed by atoms with E-state index in [0.29, 0.717) is 28.6 Å². The minimum atomic E-state index is -1.39. The van der Waals surface area contributed by atoms with E-state index in [1.54, 1.807) is 0 Å². The predicted molar refractivity (Wildman–Crippen MR) is 107 cm³/mol. The molecule has 0 saturated heterocycles. The van der Waals surface area contributed by atoms with Crippen LogP contribution in [0, 0.1) is 22.7 Å². The lowest BCUT2D eigenvalue weighted by Gasteiger charge is -2.43. The first-order valence-corrected chi connectivity index (χ1v) is 14.3. The average Bonchev–Trinajstić information content (AvgIpc) is 3.17. The Morgan fingerprint density at radius 3 is 2.52 bits per heavy atom. The fourth-order valence-electron chi connectivity index (χ4n) is 6.44.